The molecule has 0 radical (unpaired) electrons. The minimum absolute atomic E-state index is 0.311. The second-order valence-electron chi connectivity index (χ2n) is 3.18. The van der Waals surface area contributed by atoms with Crippen LogP contribution in [0, 0.1) is 0 Å². The number of benzene rings is 1. The lowest BCUT2D eigenvalue weighted by atomic mass is 10.2. The van der Waals surface area contributed by atoms with Crippen LogP contribution in [-0.4, -0.2) is 24.2 Å². The molecule has 1 rings (SSSR count). The van der Waals surface area contributed by atoms with E-state index >= 15 is 0 Å². The van der Waals surface area contributed by atoms with E-state index in [1.54, 1.807) is 12.1 Å². The topological polar surface area (TPSA) is 40.5 Å². The molecule has 0 saturated carbocycles. The molecule has 1 aromatic rings. The van der Waals surface area contributed by atoms with E-state index in [-0.39, 0.29) is 0 Å². The van der Waals surface area contributed by atoms with Crippen LogP contribution in [-0.2, 0) is 0 Å². The quantitative estimate of drug-likeness (QED) is 0.916. The smallest absolute Gasteiger partial charge is 0.335 e. The van der Waals surface area contributed by atoms with Gasteiger partial charge >= 0.3 is 5.97 Å². The fourth-order valence-electron chi connectivity index (χ4n) is 1.47. The van der Waals surface area contributed by atoms with Gasteiger partial charge in [0.2, 0.25) is 0 Å². The average molecular weight is 272 g/mol. The van der Waals surface area contributed by atoms with Crippen molar-refractivity contribution in [3.8, 4) is 0 Å². The molecule has 3 nitrogen and oxygen atoms in total. The molecular formula is C11H14BrNO2. The summed E-state index contributed by atoms with van der Waals surface area (Å²) in [5.41, 5.74) is 1.25. The van der Waals surface area contributed by atoms with Crippen molar-refractivity contribution in [3.05, 3.63) is 28.2 Å². The van der Waals surface area contributed by atoms with Crippen molar-refractivity contribution in [2.75, 3.05) is 18.0 Å². The number of nitrogens with zero attached hydrogens (tertiary/aromatic N) is 1. The molecule has 0 aliphatic heterocycles. The lowest BCUT2D eigenvalue weighted by molar-refractivity contribution is 0.0697. The Morgan fingerprint density at radius 1 is 1.33 bits per heavy atom. The van der Waals surface area contributed by atoms with E-state index in [0.29, 0.717) is 5.56 Å². The van der Waals surface area contributed by atoms with Crippen molar-refractivity contribution in [2.24, 2.45) is 0 Å². The van der Waals surface area contributed by atoms with Gasteiger partial charge in [0.25, 0.3) is 0 Å². The Bertz CT molecular complexity index is 362. The molecule has 0 aliphatic rings. The van der Waals surface area contributed by atoms with Gasteiger partial charge in [-0.05, 0) is 32.0 Å². The number of anilines is 1. The summed E-state index contributed by atoms with van der Waals surface area (Å²) < 4.78 is 0.796. The second-order valence-corrected chi connectivity index (χ2v) is 4.09. The highest BCUT2D eigenvalue weighted by Gasteiger charge is 2.09. The fraction of sp³-hybridized carbons (Fsp3) is 0.364. The molecule has 15 heavy (non-hydrogen) atoms. The van der Waals surface area contributed by atoms with E-state index < -0.39 is 5.97 Å². The number of carbonyl (C=O) groups is 1. The average Bonchev–Trinajstić information content (AvgIpc) is 2.18. The maximum atomic E-state index is 10.9. The summed E-state index contributed by atoms with van der Waals surface area (Å²) in [6, 6.07) is 5.23. The van der Waals surface area contributed by atoms with Gasteiger partial charge in [-0.3, -0.25) is 0 Å². The lowest BCUT2D eigenvalue weighted by Crippen LogP contribution is -2.22. The van der Waals surface area contributed by atoms with Crippen LogP contribution in [0.1, 0.15) is 24.2 Å². The fourth-order valence-corrected chi connectivity index (χ4v) is 1.95. The maximum absolute atomic E-state index is 10.9. The Balaban J connectivity index is 3.13. The first kappa shape index (κ1) is 12.0. The van der Waals surface area contributed by atoms with Crippen molar-refractivity contribution >= 4 is 27.6 Å². The molecule has 0 bridgehead atoms. The molecule has 0 unspecified atom stereocenters. The minimum Gasteiger partial charge on any atom is -0.478 e. The third-order valence-electron chi connectivity index (χ3n) is 2.26. The molecule has 1 aromatic carbocycles. The van der Waals surface area contributed by atoms with Crippen LogP contribution in [0.5, 0.6) is 0 Å². The lowest BCUT2D eigenvalue weighted by Gasteiger charge is -2.21. The number of hydrogen-bond acceptors (Lipinski definition) is 2. The summed E-state index contributed by atoms with van der Waals surface area (Å²) >= 11 is 3.32. The Morgan fingerprint density at radius 2 is 1.93 bits per heavy atom. The zero-order valence-electron chi connectivity index (χ0n) is 8.83. The van der Waals surface area contributed by atoms with Gasteiger partial charge in [0, 0.05) is 23.2 Å². The highest BCUT2D eigenvalue weighted by molar-refractivity contribution is 9.10. The Labute approximate surface area is 97.8 Å². The minimum atomic E-state index is -0.898. The largest absolute Gasteiger partial charge is 0.478 e. The van der Waals surface area contributed by atoms with E-state index in [2.05, 4.69) is 20.8 Å². The van der Waals surface area contributed by atoms with Crippen molar-refractivity contribution in [2.45, 2.75) is 13.8 Å². The first-order valence-electron chi connectivity index (χ1n) is 4.87. The standard InChI is InChI=1S/C11H14BrNO2/c1-3-13(4-2)10-6-8(11(14)15)5-9(12)7-10/h5-7H,3-4H2,1-2H3,(H,14,15). The van der Waals surface area contributed by atoms with Gasteiger partial charge in [-0.1, -0.05) is 15.9 Å². The molecule has 0 spiro atoms. The molecule has 0 atom stereocenters. The van der Waals surface area contributed by atoms with Crippen molar-refractivity contribution in [3.63, 3.8) is 0 Å². The van der Waals surface area contributed by atoms with Crippen LogP contribution in [0.25, 0.3) is 0 Å². The molecular weight excluding hydrogens is 258 g/mol. The number of halogens is 1. The SMILES string of the molecule is CCN(CC)c1cc(Br)cc(C(=O)O)c1. The second kappa shape index (κ2) is 5.16. The summed E-state index contributed by atoms with van der Waals surface area (Å²) in [5.74, 6) is -0.898. The van der Waals surface area contributed by atoms with E-state index in [1.807, 2.05) is 19.9 Å². The van der Waals surface area contributed by atoms with Crippen LogP contribution in [0.3, 0.4) is 0 Å². The third kappa shape index (κ3) is 2.96. The molecule has 82 valence electrons. The van der Waals surface area contributed by atoms with Gasteiger partial charge in [0.05, 0.1) is 5.56 Å². The van der Waals surface area contributed by atoms with Gasteiger partial charge < -0.3 is 10.0 Å². The zero-order chi connectivity index (χ0) is 11.4. The zero-order valence-corrected chi connectivity index (χ0v) is 10.4. The number of rotatable bonds is 4. The predicted octanol–water partition coefficient (Wildman–Crippen LogP) is 2.99. The Kier molecular flexibility index (Phi) is 4.15. The van der Waals surface area contributed by atoms with Gasteiger partial charge in [0.15, 0.2) is 0 Å². The van der Waals surface area contributed by atoms with E-state index in [1.165, 1.54) is 0 Å². The summed E-state index contributed by atoms with van der Waals surface area (Å²) in [6.45, 7) is 5.83. The van der Waals surface area contributed by atoms with Crippen molar-refractivity contribution in [1.29, 1.82) is 0 Å². The molecule has 0 fully saturated rings. The number of aromatic carboxylic acids is 1. The Morgan fingerprint density at radius 3 is 2.40 bits per heavy atom. The molecule has 0 heterocycles. The van der Waals surface area contributed by atoms with Gasteiger partial charge in [-0.2, -0.15) is 0 Å². The molecule has 0 amide bonds. The van der Waals surface area contributed by atoms with Crippen LogP contribution >= 0.6 is 15.9 Å². The van der Waals surface area contributed by atoms with Gasteiger partial charge in [-0.15, -0.1) is 0 Å². The molecule has 0 saturated heterocycles. The highest BCUT2D eigenvalue weighted by Crippen LogP contribution is 2.22. The summed E-state index contributed by atoms with van der Waals surface area (Å²) in [4.78, 5) is 13.0. The third-order valence-corrected chi connectivity index (χ3v) is 2.72. The summed E-state index contributed by atoms with van der Waals surface area (Å²) in [7, 11) is 0. The molecule has 4 heteroatoms. The first-order valence-corrected chi connectivity index (χ1v) is 5.66. The normalized spacial score (nSPS) is 10.1. The molecule has 1 N–H and O–H groups in total. The monoisotopic (exact) mass is 271 g/mol. The van der Waals surface area contributed by atoms with Crippen LogP contribution in [0.2, 0.25) is 0 Å². The van der Waals surface area contributed by atoms with E-state index in [0.717, 1.165) is 23.2 Å². The predicted molar refractivity (Wildman–Crippen MR) is 64.7 cm³/mol. The first-order chi connectivity index (χ1) is 7.08. The van der Waals surface area contributed by atoms with Crippen molar-refractivity contribution in [1.82, 2.24) is 0 Å². The summed E-state index contributed by atoms with van der Waals surface area (Å²) in [5, 5.41) is 8.92. The number of carboxylic acids is 1. The molecule has 0 aromatic heterocycles. The van der Waals surface area contributed by atoms with Crippen LogP contribution in [0.15, 0.2) is 22.7 Å². The Hall–Kier alpha value is -1.03. The van der Waals surface area contributed by atoms with E-state index in [4.69, 9.17) is 5.11 Å². The maximum Gasteiger partial charge on any atom is 0.335 e. The van der Waals surface area contributed by atoms with Crippen LogP contribution in [0.4, 0.5) is 5.69 Å². The van der Waals surface area contributed by atoms with Gasteiger partial charge in [-0.25, -0.2) is 4.79 Å². The number of hydrogen-bond donors (Lipinski definition) is 1. The summed E-state index contributed by atoms with van der Waals surface area (Å²) in [6.07, 6.45) is 0. The van der Waals surface area contributed by atoms with Crippen molar-refractivity contribution < 1.29 is 9.90 Å². The molecule has 0 aliphatic carbocycles. The van der Waals surface area contributed by atoms with E-state index in [9.17, 15) is 4.79 Å². The number of carboxylic acid groups (broad SMARTS) is 1. The van der Waals surface area contributed by atoms with Gasteiger partial charge in [0.1, 0.15) is 0 Å². The highest BCUT2D eigenvalue weighted by atomic mass is 79.9. The van der Waals surface area contributed by atoms with Crippen LogP contribution < -0.4 is 4.90 Å².